The summed E-state index contributed by atoms with van der Waals surface area (Å²) < 4.78 is 2.28. The van der Waals surface area contributed by atoms with Crippen LogP contribution >= 0.6 is 0 Å². The molecule has 2 heterocycles. The summed E-state index contributed by atoms with van der Waals surface area (Å²) in [6.07, 6.45) is 4.00. The summed E-state index contributed by atoms with van der Waals surface area (Å²) in [6, 6.07) is 14.7. The van der Waals surface area contributed by atoms with Gasteiger partial charge in [0.2, 0.25) is 0 Å². The quantitative estimate of drug-likeness (QED) is 0.768. The molecule has 3 aromatic rings. The van der Waals surface area contributed by atoms with Crippen LogP contribution in [0.5, 0.6) is 0 Å². The summed E-state index contributed by atoms with van der Waals surface area (Å²) in [7, 11) is 0. The first-order valence-corrected chi connectivity index (χ1v) is 7.06. The van der Waals surface area contributed by atoms with E-state index >= 15 is 0 Å². The van der Waals surface area contributed by atoms with E-state index in [-0.39, 0.29) is 0 Å². The number of fused-ring (bicyclic) bond motifs is 1. The van der Waals surface area contributed by atoms with E-state index in [4.69, 9.17) is 0 Å². The predicted octanol–water partition coefficient (Wildman–Crippen LogP) is 3.19. The SMILES string of the molecule is CCNCc1cccn1Cc1cccc2cccnc12. The van der Waals surface area contributed by atoms with Gasteiger partial charge < -0.3 is 9.88 Å². The Balaban J connectivity index is 1.92. The maximum Gasteiger partial charge on any atom is 0.0751 e. The van der Waals surface area contributed by atoms with Gasteiger partial charge in [-0.25, -0.2) is 0 Å². The van der Waals surface area contributed by atoms with Crippen molar-refractivity contribution in [3.05, 3.63) is 66.1 Å². The van der Waals surface area contributed by atoms with Crippen LogP contribution < -0.4 is 5.32 Å². The molecule has 1 aromatic carbocycles. The van der Waals surface area contributed by atoms with Crippen molar-refractivity contribution in [1.82, 2.24) is 14.9 Å². The molecule has 2 aromatic heterocycles. The summed E-state index contributed by atoms with van der Waals surface area (Å²) in [6.45, 7) is 4.88. The number of nitrogens with one attached hydrogen (secondary N) is 1. The van der Waals surface area contributed by atoms with Gasteiger partial charge in [-0.1, -0.05) is 31.2 Å². The average molecular weight is 265 g/mol. The van der Waals surface area contributed by atoms with Crippen LogP contribution in [-0.2, 0) is 13.1 Å². The summed E-state index contributed by atoms with van der Waals surface area (Å²) in [5, 5.41) is 4.58. The van der Waals surface area contributed by atoms with Crippen molar-refractivity contribution in [3.8, 4) is 0 Å². The molecule has 0 bridgehead atoms. The van der Waals surface area contributed by atoms with Gasteiger partial charge in [-0.05, 0) is 30.3 Å². The molecule has 0 radical (unpaired) electrons. The van der Waals surface area contributed by atoms with Gasteiger partial charge in [0.15, 0.2) is 0 Å². The molecule has 3 heteroatoms. The van der Waals surface area contributed by atoms with Crippen LogP contribution in [0.25, 0.3) is 10.9 Å². The number of rotatable bonds is 5. The molecule has 0 unspecified atom stereocenters. The Morgan fingerprint density at radius 2 is 2.00 bits per heavy atom. The molecule has 0 amide bonds. The van der Waals surface area contributed by atoms with E-state index in [9.17, 15) is 0 Å². The maximum absolute atomic E-state index is 4.52. The standard InChI is InChI=1S/C17H19N3/c1-2-18-12-16-9-5-11-20(16)13-15-7-3-6-14-8-4-10-19-17(14)15/h3-11,18H,2,12-13H2,1H3. The van der Waals surface area contributed by atoms with Crippen molar-refractivity contribution in [3.63, 3.8) is 0 Å². The lowest BCUT2D eigenvalue weighted by Crippen LogP contribution is -2.15. The zero-order chi connectivity index (χ0) is 13.8. The molecule has 102 valence electrons. The Morgan fingerprint density at radius 3 is 2.90 bits per heavy atom. The molecule has 20 heavy (non-hydrogen) atoms. The van der Waals surface area contributed by atoms with Crippen LogP contribution in [-0.4, -0.2) is 16.1 Å². The smallest absolute Gasteiger partial charge is 0.0751 e. The third-order valence-corrected chi connectivity index (χ3v) is 3.54. The summed E-state index contributed by atoms with van der Waals surface area (Å²) >= 11 is 0. The summed E-state index contributed by atoms with van der Waals surface area (Å²) in [5.74, 6) is 0. The lowest BCUT2D eigenvalue weighted by molar-refractivity contribution is 0.658. The van der Waals surface area contributed by atoms with Crippen molar-refractivity contribution in [2.45, 2.75) is 20.0 Å². The van der Waals surface area contributed by atoms with Crippen molar-refractivity contribution in [1.29, 1.82) is 0 Å². The minimum atomic E-state index is 0.863. The van der Waals surface area contributed by atoms with Crippen LogP contribution in [0.15, 0.2) is 54.9 Å². The van der Waals surface area contributed by atoms with Gasteiger partial charge in [0.25, 0.3) is 0 Å². The van der Waals surface area contributed by atoms with Gasteiger partial charge in [-0.15, -0.1) is 0 Å². The molecule has 0 atom stereocenters. The van der Waals surface area contributed by atoms with Crippen molar-refractivity contribution >= 4 is 10.9 Å². The van der Waals surface area contributed by atoms with Gasteiger partial charge in [0.1, 0.15) is 0 Å². The van der Waals surface area contributed by atoms with E-state index in [2.05, 4.69) is 64.4 Å². The van der Waals surface area contributed by atoms with Crippen LogP contribution in [0.2, 0.25) is 0 Å². The first kappa shape index (κ1) is 12.9. The Labute approximate surface area is 119 Å². The molecular formula is C17H19N3. The number of hydrogen-bond acceptors (Lipinski definition) is 2. The van der Waals surface area contributed by atoms with Crippen molar-refractivity contribution in [2.24, 2.45) is 0 Å². The van der Waals surface area contributed by atoms with Gasteiger partial charge in [0, 0.05) is 36.6 Å². The number of benzene rings is 1. The highest BCUT2D eigenvalue weighted by Gasteiger charge is 2.05. The molecule has 0 aliphatic carbocycles. The molecule has 0 aliphatic rings. The molecule has 1 N–H and O–H groups in total. The average Bonchev–Trinajstić information content (AvgIpc) is 2.93. The molecule has 3 nitrogen and oxygen atoms in total. The largest absolute Gasteiger partial charge is 0.346 e. The molecule has 0 fully saturated rings. The summed E-state index contributed by atoms with van der Waals surface area (Å²) in [4.78, 5) is 4.52. The van der Waals surface area contributed by atoms with Gasteiger partial charge >= 0.3 is 0 Å². The third kappa shape index (κ3) is 2.58. The van der Waals surface area contributed by atoms with E-state index in [1.165, 1.54) is 16.6 Å². The topological polar surface area (TPSA) is 29.9 Å². The Hall–Kier alpha value is -2.13. The van der Waals surface area contributed by atoms with Crippen LogP contribution in [0, 0.1) is 0 Å². The normalized spacial score (nSPS) is 11.1. The molecule has 0 saturated carbocycles. The maximum atomic E-state index is 4.52. The first-order chi connectivity index (χ1) is 9.88. The Bertz CT molecular complexity index is 695. The van der Waals surface area contributed by atoms with E-state index in [1.54, 1.807) is 0 Å². The fourth-order valence-electron chi connectivity index (χ4n) is 2.50. The van der Waals surface area contributed by atoms with E-state index in [0.717, 1.165) is 25.2 Å². The Kier molecular flexibility index (Phi) is 3.79. The number of para-hydroxylation sites is 1. The zero-order valence-corrected chi connectivity index (χ0v) is 11.7. The third-order valence-electron chi connectivity index (χ3n) is 3.54. The minimum Gasteiger partial charge on any atom is -0.346 e. The van der Waals surface area contributed by atoms with Gasteiger partial charge in [0.05, 0.1) is 5.52 Å². The van der Waals surface area contributed by atoms with Crippen molar-refractivity contribution in [2.75, 3.05) is 6.54 Å². The second-order valence-electron chi connectivity index (χ2n) is 4.90. The Morgan fingerprint density at radius 1 is 1.10 bits per heavy atom. The monoisotopic (exact) mass is 265 g/mol. The summed E-state index contributed by atoms with van der Waals surface area (Å²) in [5.41, 5.74) is 3.66. The minimum absolute atomic E-state index is 0.863. The van der Waals surface area contributed by atoms with E-state index in [0.29, 0.717) is 0 Å². The lowest BCUT2D eigenvalue weighted by Gasteiger charge is -2.11. The molecule has 0 aliphatic heterocycles. The second kappa shape index (κ2) is 5.88. The molecular weight excluding hydrogens is 246 g/mol. The van der Waals surface area contributed by atoms with Crippen LogP contribution in [0.4, 0.5) is 0 Å². The molecule has 0 spiro atoms. The van der Waals surface area contributed by atoms with Gasteiger partial charge in [-0.2, -0.15) is 0 Å². The van der Waals surface area contributed by atoms with Crippen molar-refractivity contribution < 1.29 is 0 Å². The van der Waals surface area contributed by atoms with Gasteiger partial charge in [-0.3, -0.25) is 4.98 Å². The fourth-order valence-corrected chi connectivity index (χ4v) is 2.50. The predicted molar refractivity (Wildman–Crippen MR) is 82.7 cm³/mol. The highest BCUT2D eigenvalue weighted by molar-refractivity contribution is 5.81. The van der Waals surface area contributed by atoms with Crippen LogP contribution in [0.3, 0.4) is 0 Å². The van der Waals surface area contributed by atoms with E-state index in [1.807, 2.05) is 12.3 Å². The molecule has 3 rings (SSSR count). The lowest BCUT2D eigenvalue weighted by atomic mass is 10.1. The highest BCUT2D eigenvalue weighted by Crippen LogP contribution is 2.18. The second-order valence-corrected chi connectivity index (χ2v) is 4.90. The highest BCUT2D eigenvalue weighted by atomic mass is 15.0. The number of hydrogen-bond donors (Lipinski definition) is 1. The van der Waals surface area contributed by atoms with Crippen LogP contribution in [0.1, 0.15) is 18.2 Å². The number of nitrogens with zero attached hydrogens (tertiary/aromatic N) is 2. The number of aromatic nitrogens is 2. The number of pyridine rings is 1. The molecule has 0 saturated heterocycles. The zero-order valence-electron chi connectivity index (χ0n) is 11.7. The first-order valence-electron chi connectivity index (χ1n) is 7.06. The fraction of sp³-hybridized carbons (Fsp3) is 0.235. The van der Waals surface area contributed by atoms with E-state index < -0.39 is 0 Å².